The van der Waals surface area contributed by atoms with Gasteiger partial charge in [-0.25, -0.2) is 19.0 Å². The Labute approximate surface area is 176 Å². The molecule has 9 heteroatoms. The zero-order valence-corrected chi connectivity index (χ0v) is 17.7. The lowest BCUT2D eigenvalue weighted by molar-refractivity contribution is 0.0744. The van der Waals surface area contributed by atoms with E-state index in [-0.39, 0.29) is 11.7 Å². The number of halogens is 2. The Morgan fingerprint density at radius 2 is 1.66 bits per heavy atom. The number of anilines is 1. The van der Waals surface area contributed by atoms with Gasteiger partial charge in [-0.2, -0.15) is 5.10 Å². The molecule has 0 saturated carbocycles. The summed E-state index contributed by atoms with van der Waals surface area (Å²) in [6.45, 7) is 6.18. The molecule has 0 N–H and O–H groups in total. The van der Waals surface area contributed by atoms with Crippen LogP contribution >= 0.6 is 15.9 Å². The summed E-state index contributed by atoms with van der Waals surface area (Å²) in [5, 5.41) is 4.51. The molecule has 1 fully saturated rings. The first-order valence-corrected chi connectivity index (χ1v) is 10.1. The predicted molar refractivity (Wildman–Crippen MR) is 111 cm³/mol. The molecule has 4 rings (SSSR count). The second-order valence-electron chi connectivity index (χ2n) is 6.91. The number of aromatic nitrogens is 4. The maximum Gasteiger partial charge on any atom is 0.257 e. The van der Waals surface area contributed by atoms with Crippen molar-refractivity contribution in [3.63, 3.8) is 0 Å². The highest BCUT2D eigenvalue weighted by Gasteiger charge is 2.28. The van der Waals surface area contributed by atoms with Crippen LogP contribution in [0.1, 0.15) is 21.7 Å². The third kappa shape index (κ3) is 3.87. The first kappa shape index (κ1) is 19.5. The molecule has 1 aromatic carbocycles. The van der Waals surface area contributed by atoms with Gasteiger partial charge >= 0.3 is 0 Å². The lowest BCUT2D eigenvalue weighted by Crippen LogP contribution is -2.49. The van der Waals surface area contributed by atoms with E-state index in [9.17, 15) is 9.18 Å². The van der Waals surface area contributed by atoms with Gasteiger partial charge in [0.2, 0.25) is 5.95 Å². The molecule has 0 unspecified atom stereocenters. The minimum atomic E-state index is -0.306. The van der Waals surface area contributed by atoms with Crippen LogP contribution in [-0.4, -0.2) is 56.7 Å². The molecule has 0 spiro atoms. The molecule has 2 aromatic heterocycles. The maximum absolute atomic E-state index is 13.2. The van der Waals surface area contributed by atoms with E-state index in [0.29, 0.717) is 43.4 Å². The Morgan fingerprint density at radius 1 is 1.03 bits per heavy atom. The molecule has 1 amide bonds. The monoisotopic (exact) mass is 458 g/mol. The van der Waals surface area contributed by atoms with Crippen molar-refractivity contribution in [2.75, 3.05) is 31.1 Å². The van der Waals surface area contributed by atoms with E-state index in [1.807, 2.05) is 18.7 Å². The van der Waals surface area contributed by atoms with Crippen LogP contribution in [0.25, 0.3) is 5.69 Å². The van der Waals surface area contributed by atoms with E-state index in [4.69, 9.17) is 0 Å². The number of nitrogens with zero attached hydrogens (tertiary/aromatic N) is 6. The van der Waals surface area contributed by atoms with Crippen LogP contribution in [0.2, 0.25) is 0 Å². The summed E-state index contributed by atoms with van der Waals surface area (Å²) in [5.41, 5.74) is 2.74. The van der Waals surface area contributed by atoms with Crippen molar-refractivity contribution in [2.45, 2.75) is 13.8 Å². The van der Waals surface area contributed by atoms with E-state index >= 15 is 0 Å². The second-order valence-corrected chi connectivity index (χ2v) is 7.83. The van der Waals surface area contributed by atoms with Crippen LogP contribution in [0, 0.1) is 19.7 Å². The number of piperazine rings is 1. The average Bonchev–Trinajstić information content (AvgIpc) is 3.03. The van der Waals surface area contributed by atoms with Crippen molar-refractivity contribution in [2.24, 2.45) is 0 Å². The van der Waals surface area contributed by atoms with Crippen molar-refractivity contribution in [3.05, 3.63) is 63.9 Å². The summed E-state index contributed by atoms with van der Waals surface area (Å²) in [6, 6.07) is 6.08. The molecular formula is C20H20BrFN6O. The number of hydrogen-bond donors (Lipinski definition) is 0. The molecule has 29 heavy (non-hydrogen) atoms. The fourth-order valence-electron chi connectivity index (χ4n) is 3.52. The topological polar surface area (TPSA) is 67.2 Å². The van der Waals surface area contributed by atoms with Crippen LogP contribution < -0.4 is 4.90 Å². The highest BCUT2D eigenvalue weighted by molar-refractivity contribution is 9.10. The minimum Gasteiger partial charge on any atom is -0.337 e. The third-order valence-corrected chi connectivity index (χ3v) is 5.44. The van der Waals surface area contributed by atoms with Crippen molar-refractivity contribution < 1.29 is 9.18 Å². The van der Waals surface area contributed by atoms with Gasteiger partial charge in [-0.05, 0) is 54.0 Å². The Bertz CT molecular complexity index is 1030. The summed E-state index contributed by atoms with van der Waals surface area (Å²) in [5.74, 6) is 0.320. The highest BCUT2D eigenvalue weighted by atomic mass is 79.9. The Kier molecular flexibility index (Phi) is 5.31. The summed E-state index contributed by atoms with van der Waals surface area (Å²) < 4.78 is 15.7. The van der Waals surface area contributed by atoms with Crippen LogP contribution in [0.15, 0.2) is 41.1 Å². The normalized spacial score (nSPS) is 14.3. The predicted octanol–water partition coefficient (Wildman–Crippen LogP) is 3.14. The van der Waals surface area contributed by atoms with Gasteiger partial charge in [-0.3, -0.25) is 4.79 Å². The molecule has 3 heterocycles. The molecule has 7 nitrogen and oxygen atoms in total. The largest absolute Gasteiger partial charge is 0.337 e. The Morgan fingerprint density at radius 3 is 2.28 bits per heavy atom. The number of carbonyl (C=O) groups is 1. The van der Waals surface area contributed by atoms with Gasteiger partial charge in [0.15, 0.2) is 0 Å². The Balaban J connectivity index is 1.50. The van der Waals surface area contributed by atoms with Crippen LogP contribution in [0.5, 0.6) is 0 Å². The molecule has 0 radical (unpaired) electrons. The zero-order chi connectivity index (χ0) is 20.5. The number of carbonyl (C=O) groups excluding carboxylic acids is 1. The highest BCUT2D eigenvalue weighted by Crippen LogP contribution is 2.21. The van der Waals surface area contributed by atoms with Crippen molar-refractivity contribution in [3.8, 4) is 5.69 Å². The molecule has 3 aromatic rings. The average molecular weight is 459 g/mol. The molecule has 1 aliphatic rings. The molecule has 1 saturated heterocycles. The molecular weight excluding hydrogens is 439 g/mol. The lowest BCUT2D eigenvalue weighted by atomic mass is 10.1. The quantitative estimate of drug-likeness (QED) is 0.602. The minimum absolute atomic E-state index is 0.0373. The van der Waals surface area contributed by atoms with Gasteiger partial charge in [0.1, 0.15) is 5.82 Å². The molecule has 0 bridgehead atoms. The van der Waals surface area contributed by atoms with E-state index in [1.54, 1.807) is 29.2 Å². The smallest absolute Gasteiger partial charge is 0.257 e. The lowest BCUT2D eigenvalue weighted by Gasteiger charge is -2.34. The standard InChI is InChI=1S/C20H20BrFN6O/c1-13-18(14(2)28(25-13)17-5-3-16(22)4-6-17)19(29)26-7-9-27(10-8-26)20-23-11-15(21)12-24-20/h3-6,11-12H,7-10H2,1-2H3. The van der Waals surface area contributed by atoms with Crippen molar-refractivity contribution in [1.29, 1.82) is 0 Å². The van der Waals surface area contributed by atoms with Crippen LogP contribution in [0.4, 0.5) is 10.3 Å². The molecule has 0 atom stereocenters. The first-order valence-electron chi connectivity index (χ1n) is 9.28. The molecule has 150 valence electrons. The van der Waals surface area contributed by atoms with Gasteiger partial charge in [-0.15, -0.1) is 0 Å². The van der Waals surface area contributed by atoms with Gasteiger partial charge in [0.05, 0.1) is 27.1 Å². The molecule has 1 aliphatic heterocycles. The van der Waals surface area contributed by atoms with E-state index in [2.05, 4.69) is 35.9 Å². The zero-order valence-electron chi connectivity index (χ0n) is 16.1. The first-order chi connectivity index (χ1) is 13.9. The fourth-order valence-corrected chi connectivity index (χ4v) is 3.73. The van der Waals surface area contributed by atoms with Gasteiger partial charge < -0.3 is 9.80 Å². The van der Waals surface area contributed by atoms with Gasteiger partial charge in [0.25, 0.3) is 5.91 Å². The van der Waals surface area contributed by atoms with E-state index in [0.717, 1.165) is 15.9 Å². The maximum atomic E-state index is 13.2. The number of rotatable bonds is 3. The summed E-state index contributed by atoms with van der Waals surface area (Å²) in [4.78, 5) is 25.7. The summed E-state index contributed by atoms with van der Waals surface area (Å²) in [6.07, 6.45) is 3.44. The number of benzene rings is 1. The SMILES string of the molecule is Cc1nn(-c2ccc(F)cc2)c(C)c1C(=O)N1CCN(c2ncc(Br)cn2)CC1. The summed E-state index contributed by atoms with van der Waals surface area (Å²) in [7, 11) is 0. The fraction of sp³-hybridized carbons (Fsp3) is 0.300. The second kappa shape index (κ2) is 7.90. The van der Waals surface area contributed by atoms with Crippen LogP contribution in [0.3, 0.4) is 0 Å². The summed E-state index contributed by atoms with van der Waals surface area (Å²) >= 11 is 3.34. The van der Waals surface area contributed by atoms with Crippen molar-refractivity contribution >= 4 is 27.8 Å². The van der Waals surface area contributed by atoms with E-state index < -0.39 is 0 Å². The van der Waals surface area contributed by atoms with Crippen molar-refractivity contribution in [1.82, 2.24) is 24.6 Å². The Hall–Kier alpha value is -2.81. The number of amides is 1. The molecule has 0 aliphatic carbocycles. The number of hydrogen-bond acceptors (Lipinski definition) is 5. The van der Waals surface area contributed by atoms with E-state index in [1.165, 1.54) is 12.1 Å². The third-order valence-electron chi connectivity index (χ3n) is 5.03. The number of aryl methyl sites for hydroxylation is 1. The van der Waals surface area contributed by atoms with Crippen LogP contribution in [-0.2, 0) is 0 Å². The van der Waals surface area contributed by atoms with Gasteiger partial charge in [0, 0.05) is 38.6 Å². The van der Waals surface area contributed by atoms with Gasteiger partial charge in [-0.1, -0.05) is 0 Å².